The first kappa shape index (κ1) is 10.3. The Kier molecular flexibility index (Phi) is 3.72. The Morgan fingerprint density at radius 2 is 1.71 bits per heavy atom. The summed E-state index contributed by atoms with van der Waals surface area (Å²) in [6.07, 6.45) is 9.26. The van der Waals surface area contributed by atoms with Crippen molar-refractivity contribution in [2.24, 2.45) is 0 Å². The van der Waals surface area contributed by atoms with Gasteiger partial charge in [-0.1, -0.05) is 32.1 Å². The van der Waals surface area contributed by atoms with E-state index in [1.807, 2.05) is 4.68 Å². The summed E-state index contributed by atoms with van der Waals surface area (Å²) in [4.78, 5) is 0. The van der Waals surface area contributed by atoms with Crippen LogP contribution in [0.25, 0.3) is 0 Å². The van der Waals surface area contributed by atoms with Gasteiger partial charge in [0.05, 0.1) is 6.04 Å². The Morgan fingerprint density at radius 3 is 2.29 bits per heavy atom. The number of hydrogen-bond donors (Lipinski definition) is 0. The van der Waals surface area contributed by atoms with Gasteiger partial charge >= 0.3 is 0 Å². The highest BCUT2D eigenvalue weighted by Crippen LogP contribution is 2.26. The average Bonchev–Trinajstić information content (AvgIpc) is 2.51. The molecule has 0 bridgehead atoms. The van der Waals surface area contributed by atoms with Crippen molar-refractivity contribution in [3.8, 4) is 0 Å². The topological polar surface area (TPSA) is 43.6 Å². The van der Waals surface area contributed by atoms with Crippen molar-refractivity contribution in [2.75, 3.05) is 0 Å². The van der Waals surface area contributed by atoms with Gasteiger partial charge in [-0.3, -0.25) is 0 Å². The second-order valence-corrected chi connectivity index (χ2v) is 4.86. The van der Waals surface area contributed by atoms with Crippen LogP contribution in [0, 0.1) is 3.83 Å². The van der Waals surface area contributed by atoms with Crippen LogP contribution in [0.4, 0.5) is 0 Å². The number of nitrogens with zero attached hydrogens (tertiary/aromatic N) is 4. The zero-order chi connectivity index (χ0) is 9.80. The van der Waals surface area contributed by atoms with E-state index in [1.165, 1.54) is 44.9 Å². The van der Waals surface area contributed by atoms with E-state index in [0.29, 0.717) is 6.04 Å². The molecule has 78 valence electrons. The van der Waals surface area contributed by atoms with Gasteiger partial charge in [0.2, 0.25) is 3.83 Å². The first-order valence-electron chi connectivity index (χ1n) is 5.31. The van der Waals surface area contributed by atoms with Crippen LogP contribution in [0.15, 0.2) is 0 Å². The highest BCUT2D eigenvalue weighted by molar-refractivity contribution is 14.1. The fourth-order valence-corrected chi connectivity index (χ4v) is 2.67. The van der Waals surface area contributed by atoms with Crippen LogP contribution in [-0.4, -0.2) is 20.2 Å². The predicted octanol–water partition coefficient (Wildman–Crippen LogP) is 2.56. The summed E-state index contributed by atoms with van der Waals surface area (Å²) < 4.78 is 2.92. The molecular formula is C9H15IN4. The van der Waals surface area contributed by atoms with Crippen LogP contribution in [0.2, 0.25) is 0 Å². The van der Waals surface area contributed by atoms with Crippen LogP contribution in [-0.2, 0) is 0 Å². The van der Waals surface area contributed by atoms with Gasteiger partial charge < -0.3 is 0 Å². The van der Waals surface area contributed by atoms with Gasteiger partial charge in [-0.25, -0.2) is 4.68 Å². The van der Waals surface area contributed by atoms with E-state index >= 15 is 0 Å². The average molecular weight is 306 g/mol. The Morgan fingerprint density at radius 1 is 1.07 bits per heavy atom. The predicted molar refractivity (Wildman–Crippen MR) is 61.9 cm³/mol. The molecule has 0 aromatic carbocycles. The molecule has 0 aliphatic heterocycles. The zero-order valence-electron chi connectivity index (χ0n) is 8.19. The van der Waals surface area contributed by atoms with Crippen LogP contribution in [0.3, 0.4) is 0 Å². The van der Waals surface area contributed by atoms with Crippen LogP contribution >= 0.6 is 22.6 Å². The highest BCUT2D eigenvalue weighted by Gasteiger charge is 2.16. The van der Waals surface area contributed by atoms with Crippen LogP contribution < -0.4 is 0 Å². The first-order chi connectivity index (χ1) is 6.88. The fraction of sp³-hybridized carbons (Fsp3) is 0.889. The van der Waals surface area contributed by atoms with Crippen molar-refractivity contribution in [1.82, 2.24) is 20.2 Å². The number of tetrazole rings is 1. The van der Waals surface area contributed by atoms with Gasteiger partial charge in [-0.2, -0.15) is 0 Å². The summed E-state index contributed by atoms with van der Waals surface area (Å²) in [7, 11) is 0. The Hall–Kier alpha value is -0.200. The summed E-state index contributed by atoms with van der Waals surface area (Å²) in [5, 5.41) is 11.7. The molecule has 1 saturated carbocycles. The lowest BCUT2D eigenvalue weighted by Gasteiger charge is -2.19. The van der Waals surface area contributed by atoms with E-state index < -0.39 is 0 Å². The monoisotopic (exact) mass is 306 g/mol. The lowest BCUT2D eigenvalue weighted by Crippen LogP contribution is -2.14. The normalized spacial score (nSPS) is 20.4. The molecule has 0 spiro atoms. The highest BCUT2D eigenvalue weighted by atomic mass is 127. The van der Waals surface area contributed by atoms with Crippen LogP contribution in [0.1, 0.15) is 51.0 Å². The third-order valence-electron chi connectivity index (χ3n) is 2.87. The van der Waals surface area contributed by atoms with Gasteiger partial charge in [0.1, 0.15) is 0 Å². The first-order valence-corrected chi connectivity index (χ1v) is 6.39. The summed E-state index contributed by atoms with van der Waals surface area (Å²) in [6.45, 7) is 0. The number of hydrogen-bond acceptors (Lipinski definition) is 3. The van der Waals surface area contributed by atoms with E-state index in [1.54, 1.807) is 0 Å². The molecule has 1 fully saturated rings. The molecule has 0 N–H and O–H groups in total. The second-order valence-electron chi connectivity index (χ2n) is 3.89. The van der Waals surface area contributed by atoms with Gasteiger partial charge in [0.15, 0.2) is 0 Å². The summed E-state index contributed by atoms with van der Waals surface area (Å²) in [5.74, 6) is 0. The molecule has 0 saturated heterocycles. The maximum Gasteiger partial charge on any atom is 0.212 e. The minimum absolute atomic E-state index is 0.539. The Balaban J connectivity index is 2.04. The smallest absolute Gasteiger partial charge is 0.212 e. The van der Waals surface area contributed by atoms with Crippen molar-refractivity contribution in [3.05, 3.63) is 3.83 Å². The SMILES string of the molecule is Ic1nnnn1C1CCCCCCC1. The largest absolute Gasteiger partial charge is 0.218 e. The minimum atomic E-state index is 0.539. The molecule has 1 aliphatic rings. The van der Waals surface area contributed by atoms with Crippen molar-refractivity contribution in [2.45, 2.75) is 51.0 Å². The van der Waals surface area contributed by atoms with E-state index in [2.05, 4.69) is 38.1 Å². The Labute approximate surface area is 97.6 Å². The molecule has 4 nitrogen and oxygen atoms in total. The summed E-state index contributed by atoms with van der Waals surface area (Å²) in [6, 6.07) is 0.539. The number of halogens is 1. The quantitative estimate of drug-likeness (QED) is 0.749. The third kappa shape index (κ3) is 2.43. The Bertz CT molecular complexity index is 278. The summed E-state index contributed by atoms with van der Waals surface area (Å²) in [5.41, 5.74) is 0. The van der Waals surface area contributed by atoms with Crippen LogP contribution in [0.5, 0.6) is 0 Å². The standard InChI is InChI=1S/C9H15IN4/c10-9-11-12-13-14(9)8-6-4-2-1-3-5-7-8/h8H,1-7H2. The zero-order valence-corrected chi connectivity index (χ0v) is 10.4. The molecule has 0 amide bonds. The lowest BCUT2D eigenvalue weighted by molar-refractivity contribution is 0.337. The summed E-state index contributed by atoms with van der Waals surface area (Å²) >= 11 is 2.21. The molecule has 1 heterocycles. The van der Waals surface area contributed by atoms with Gasteiger partial charge in [-0.05, 0) is 23.3 Å². The maximum absolute atomic E-state index is 4.06. The molecule has 0 unspecified atom stereocenters. The van der Waals surface area contributed by atoms with Crippen molar-refractivity contribution in [3.63, 3.8) is 0 Å². The molecule has 1 aromatic rings. The molecule has 1 aromatic heterocycles. The molecular weight excluding hydrogens is 291 g/mol. The van der Waals surface area contributed by atoms with Crippen molar-refractivity contribution in [1.29, 1.82) is 0 Å². The van der Waals surface area contributed by atoms with Gasteiger partial charge in [0, 0.05) is 22.6 Å². The molecule has 1 aliphatic carbocycles. The maximum atomic E-state index is 4.06. The molecule has 0 radical (unpaired) electrons. The lowest BCUT2D eigenvalue weighted by atomic mass is 9.97. The van der Waals surface area contributed by atoms with E-state index in [4.69, 9.17) is 0 Å². The number of aromatic nitrogens is 4. The van der Waals surface area contributed by atoms with Gasteiger partial charge in [0.25, 0.3) is 0 Å². The molecule has 14 heavy (non-hydrogen) atoms. The van der Waals surface area contributed by atoms with Gasteiger partial charge in [-0.15, -0.1) is 5.10 Å². The molecule has 2 rings (SSSR count). The minimum Gasteiger partial charge on any atom is -0.218 e. The fourth-order valence-electron chi connectivity index (χ4n) is 2.09. The van der Waals surface area contributed by atoms with E-state index in [9.17, 15) is 0 Å². The van der Waals surface area contributed by atoms with Crippen molar-refractivity contribution < 1.29 is 0 Å². The van der Waals surface area contributed by atoms with E-state index in [-0.39, 0.29) is 0 Å². The second kappa shape index (κ2) is 5.04. The third-order valence-corrected chi connectivity index (χ3v) is 3.58. The van der Waals surface area contributed by atoms with Crippen molar-refractivity contribution >= 4 is 22.6 Å². The number of rotatable bonds is 1. The molecule has 0 atom stereocenters. The molecule has 5 heteroatoms. The van der Waals surface area contributed by atoms with E-state index in [0.717, 1.165) is 3.83 Å².